The van der Waals surface area contributed by atoms with Crippen LogP contribution < -0.4 is 5.14 Å². The Kier molecular flexibility index (Phi) is 4.98. The molecule has 4 heterocycles. The third-order valence-electron chi connectivity index (χ3n) is 6.64. The third kappa shape index (κ3) is 3.59. The van der Waals surface area contributed by atoms with Gasteiger partial charge in [-0.2, -0.15) is 0 Å². The van der Waals surface area contributed by atoms with Gasteiger partial charge in [0.2, 0.25) is 10.0 Å². The van der Waals surface area contributed by atoms with Crippen LogP contribution in [0.25, 0.3) is 16.8 Å². The number of aromatic amines is 1. The smallest absolute Gasteiger partial charge is 0.212 e. The summed E-state index contributed by atoms with van der Waals surface area (Å²) < 4.78 is 27.2. The van der Waals surface area contributed by atoms with Crippen LogP contribution in [0.15, 0.2) is 42.9 Å². The number of nitrogens with one attached hydrogen (secondary N) is 1. The summed E-state index contributed by atoms with van der Waals surface area (Å²) in [6, 6.07) is 7.50. The molecule has 9 nitrogen and oxygen atoms in total. The Morgan fingerprint density at radius 1 is 1.23 bits per heavy atom. The lowest BCUT2D eigenvalue weighted by atomic mass is 9.93. The van der Waals surface area contributed by atoms with E-state index >= 15 is 0 Å². The number of sulfonamides is 1. The molecule has 1 aliphatic carbocycles. The fraction of sp³-hybridized carbons (Fsp3) is 0.429. The summed E-state index contributed by atoms with van der Waals surface area (Å²) in [6.07, 6.45) is 7.96. The molecule has 0 spiro atoms. The molecular weight excluding hydrogens is 414 g/mol. The number of primary sulfonamides is 1. The summed E-state index contributed by atoms with van der Waals surface area (Å²) in [5.74, 6) is 1.19. The van der Waals surface area contributed by atoms with Gasteiger partial charge in [-0.25, -0.2) is 18.5 Å². The average Bonchev–Trinajstić information content (AvgIpc) is 3.48. The predicted octanol–water partition coefficient (Wildman–Crippen LogP) is 2.42. The molecule has 10 heteroatoms. The largest absolute Gasteiger partial charge is 0.345 e. The van der Waals surface area contributed by atoms with Crippen molar-refractivity contribution < 1.29 is 8.42 Å². The maximum atomic E-state index is 12.6. The summed E-state index contributed by atoms with van der Waals surface area (Å²) in [4.78, 5) is 11.8. The van der Waals surface area contributed by atoms with E-state index < -0.39 is 15.3 Å². The van der Waals surface area contributed by atoms with Crippen molar-refractivity contribution >= 4 is 26.8 Å². The highest BCUT2D eigenvalue weighted by Crippen LogP contribution is 2.47. The number of H-pyrrole nitrogens is 1. The zero-order chi connectivity index (χ0) is 21.6. The second-order valence-electron chi connectivity index (χ2n) is 8.38. The average molecular weight is 440 g/mol. The van der Waals surface area contributed by atoms with E-state index in [1.165, 1.54) is 0 Å². The Hall–Kier alpha value is -2.85. The number of rotatable bonds is 6. The van der Waals surface area contributed by atoms with Crippen LogP contribution in [-0.4, -0.2) is 43.2 Å². The Morgan fingerprint density at radius 3 is 2.84 bits per heavy atom. The maximum absolute atomic E-state index is 12.6. The summed E-state index contributed by atoms with van der Waals surface area (Å²) in [5.41, 5.74) is 3.13. The van der Waals surface area contributed by atoms with Gasteiger partial charge in [-0.3, -0.25) is 9.38 Å². The highest BCUT2D eigenvalue weighted by Gasteiger charge is 2.43. The molecule has 0 aliphatic heterocycles. The summed E-state index contributed by atoms with van der Waals surface area (Å²) in [6.45, 7) is 2.14. The van der Waals surface area contributed by atoms with Crippen molar-refractivity contribution in [3.63, 3.8) is 0 Å². The maximum Gasteiger partial charge on any atom is 0.212 e. The van der Waals surface area contributed by atoms with Crippen LogP contribution >= 0.6 is 0 Å². The molecule has 4 atom stereocenters. The number of fused-ring (bicyclic) bond motifs is 3. The summed E-state index contributed by atoms with van der Waals surface area (Å²) in [5, 5.41) is 13.9. The van der Waals surface area contributed by atoms with E-state index in [1.807, 2.05) is 34.9 Å². The van der Waals surface area contributed by atoms with Crippen LogP contribution in [0.2, 0.25) is 0 Å². The molecule has 0 amide bonds. The highest BCUT2D eigenvalue weighted by molar-refractivity contribution is 7.89. The lowest BCUT2D eigenvalue weighted by Crippen LogP contribution is -2.36. The Morgan fingerprint density at radius 2 is 2.10 bits per heavy atom. The van der Waals surface area contributed by atoms with Gasteiger partial charge in [0.05, 0.1) is 17.0 Å². The second-order valence-corrected chi connectivity index (χ2v) is 10.2. The summed E-state index contributed by atoms with van der Waals surface area (Å²) >= 11 is 0. The molecule has 1 unspecified atom stereocenters. The molecule has 162 valence electrons. The van der Waals surface area contributed by atoms with E-state index in [9.17, 15) is 8.42 Å². The minimum Gasteiger partial charge on any atom is -0.345 e. The van der Waals surface area contributed by atoms with Gasteiger partial charge in [-0.1, -0.05) is 19.4 Å². The van der Waals surface area contributed by atoms with Crippen LogP contribution in [0.4, 0.5) is 0 Å². The van der Waals surface area contributed by atoms with Gasteiger partial charge >= 0.3 is 0 Å². The van der Waals surface area contributed by atoms with Gasteiger partial charge in [0, 0.05) is 30.4 Å². The monoisotopic (exact) mass is 439 g/mol. The fourth-order valence-corrected chi connectivity index (χ4v) is 6.31. The lowest BCUT2D eigenvalue weighted by Gasteiger charge is -2.21. The van der Waals surface area contributed by atoms with Crippen molar-refractivity contribution in [3.8, 4) is 0 Å². The van der Waals surface area contributed by atoms with Crippen molar-refractivity contribution in [1.82, 2.24) is 29.5 Å². The number of aromatic nitrogens is 6. The van der Waals surface area contributed by atoms with E-state index in [1.54, 1.807) is 12.4 Å². The quantitative estimate of drug-likeness (QED) is 0.474. The van der Waals surface area contributed by atoms with Gasteiger partial charge in [0.1, 0.15) is 5.82 Å². The molecule has 3 N–H and O–H groups in total. The first-order valence-corrected chi connectivity index (χ1v) is 12.1. The van der Waals surface area contributed by atoms with E-state index in [-0.39, 0.29) is 11.8 Å². The normalized spacial score (nSPS) is 23.0. The molecular formula is C21H25N7O2S. The van der Waals surface area contributed by atoms with Gasteiger partial charge in [-0.15, -0.1) is 10.2 Å². The highest BCUT2D eigenvalue weighted by atomic mass is 32.2. The molecule has 1 saturated carbocycles. The fourth-order valence-electron chi connectivity index (χ4n) is 5.15. The van der Waals surface area contributed by atoms with E-state index in [4.69, 9.17) is 5.14 Å². The number of pyridine rings is 1. The minimum atomic E-state index is -3.74. The van der Waals surface area contributed by atoms with E-state index in [0.29, 0.717) is 24.4 Å². The van der Waals surface area contributed by atoms with Gasteiger partial charge < -0.3 is 4.98 Å². The number of hydrogen-bond donors (Lipinski definition) is 2. The molecule has 0 saturated heterocycles. The topological polar surface area (TPSA) is 132 Å². The zero-order valence-electron chi connectivity index (χ0n) is 17.2. The molecule has 0 aromatic carbocycles. The summed E-state index contributed by atoms with van der Waals surface area (Å²) in [7, 11) is -3.74. The number of nitrogens with zero attached hydrogens (tertiary/aromatic N) is 5. The van der Waals surface area contributed by atoms with Gasteiger partial charge in [-0.05, 0) is 42.9 Å². The molecule has 31 heavy (non-hydrogen) atoms. The lowest BCUT2D eigenvalue weighted by molar-refractivity contribution is 0.435. The van der Waals surface area contributed by atoms with Gasteiger partial charge in [0.25, 0.3) is 0 Å². The molecule has 4 aromatic heterocycles. The Labute approximate surface area is 180 Å². The van der Waals surface area contributed by atoms with Crippen LogP contribution in [0, 0.1) is 11.8 Å². The molecule has 1 aliphatic rings. The Balaban J connectivity index is 1.52. The third-order valence-corrected chi connectivity index (χ3v) is 8.03. The second kappa shape index (κ2) is 7.69. The predicted molar refractivity (Wildman–Crippen MR) is 117 cm³/mol. The van der Waals surface area contributed by atoms with Gasteiger partial charge in [0.15, 0.2) is 11.3 Å². The first kappa shape index (κ1) is 20.1. The number of nitrogens with two attached hydrogens (primary N) is 1. The van der Waals surface area contributed by atoms with Crippen molar-refractivity contribution in [2.24, 2.45) is 17.0 Å². The van der Waals surface area contributed by atoms with E-state index in [0.717, 1.165) is 35.5 Å². The SMILES string of the molecule is CC[C@@H]1C[C@H](C(Cc2ccccn2)S(N)(=O)=O)C[C@@H]1c1nnc2cnc3[nH]ccc3n12. The van der Waals surface area contributed by atoms with Crippen molar-refractivity contribution in [1.29, 1.82) is 0 Å². The van der Waals surface area contributed by atoms with Crippen molar-refractivity contribution in [2.45, 2.75) is 43.8 Å². The van der Waals surface area contributed by atoms with Crippen LogP contribution in [-0.2, 0) is 16.4 Å². The van der Waals surface area contributed by atoms with Crippen molar-refractivity contribution in [2.75, 3.05) is 0 Å². The first-order chi connectivity index (χ1) is 15.0. The molecule has 1 fully saturated rings. The molecule has 0 radical (unpaired) electrons. The zero-order valence-corrected chi connectivity index (χ0v) is 18.0. The molecule has 5 rings (SSSR count). The molecule has 4 aromatic rings. The van der Waals surface area contributed by atoms with E-state index in [2.05, 4.69) is 32.1 Å². The van der Waals surface area contributed by atoms with Crippen molar-refractivity contribution in [3.05, 3.63) is 54.4 Å². The molecule has 0 bridgehead atoms. The minimum absolute atomic E-state index is 0.0668. The Bertz CT molecular complexity index is 1320. The van der Waals surface area contributed by atoms with Crippen LogP contribution in [0.3, 0.4) is 0 Å². The van der Waals surface area contributed by atoms with Crippen LogP contribution in [0.5, 0.6) is 0 Å². The standard InChI is InChI=1S/C21H25N7O2S/c1-2-13-9-14(18(31(22,29)30)11-15-5-3-4-7-23-15)10-16(13)21-27-26-19-12-25-20-17(28(19)21)6-8-24-20/h3-8,12-14,16,18,24H,2,9-11H2,1H3,(H2,22,29,30)/t13-,14+,16+,18?/m1/s1. The first-order valence-electron chi connectivity index (χ1n) is 10.5. The number of hydrogen-bond acceptors (Lipinski definition) is 6. The van der Waals surface area contributed by atoms with Crippen LogP contribution in [0.1, 0.15) is 43.6 Å².